The number of hydrogen-bond donors (Lipinski definition) is 6. The van der Waals surface area contributed by atoms with Gasteiger partial charge in [0.05, 0.1) is 18.8 Å². The smallest absolute Gasteiger partial charge is 0.408 e. The highest BCUT2D eigenvalue weighted by molar-refractivity contribution is 5.81. The van der Waals surface area contributed by atoms with Crippen LogP contribution in [0.15, 0.2) is 0 Å². The van der Waals surface area contributed by atoms with Crippen LogP contribution in [0.2, 0.25) is 0 Å². The molecule has 1 amide bonds. The normalized spacial score (nSPS) is 35.3. The lowest BCUT2D eigenvalue weighted by atomic mass is 9.96. The summed E-state index contributed by atoms with van der Waals surface area (Å²) in [6.07, 6.45) is -15.9. The summed E-state index contributed by atoms with van der Waals surface area (Å²) in [6, 6.07) is -1.12. The zero-order chi connectivity index (χ0) is 31.2. The van der Waals surface area contributed by atoms with Gasteiger partial charge in [-0.1, -0.05) is 0 Å². The molecule has 2 saturated heterocycles. The number of carbonyl (C=O) groups excluding carboxylic acids is 2. The van der Waals surface area contributed by atoms with Gasteiger partial charge in [-0.3, -0.25) is 0 Å². The van der Waals surface area contributed by atoms with Crippen LogP contribution in [0.4, 0.5) is 4.79 Å². The Morgan fingerprint density at radius 2 is 1.34 bits per heavy atom. The van der Waals surface area contributed by atoms with Gasteiger partial charge >= 0.3 is 12.1 Å². The standard InChI is InChI=1S/C26H47NO14/c1-11(2)36-20-14(9-28)38-24(19(32)16(20)29)40-21-15(39-23(37-12(3)4)18(31)17(21)30)10-35-22(33)13(5)27-25(34)41-26(6,7)8/h11-21,23-24,28-32H,9-10H2,1-8H3,(H,27,34). The molecule has 41 heavy (non-hydrogen) atoms. The molecule has 15 heteroatoms. The van der Waals surface area contributed by atoms with Crippen molar-refractivity contribution in [1.29, 1.82) is 0 Å². The minimum Gasteiger partial charge on any atom is -0.461 e. The number of amides is 1. The molecule has 2 aliphatic heterocycles. The van der Waals surface area contributed by atoms with E-state index in [9.17, 15) is 35.1 Å². The third-order valence-corrected chi connectivity index (χ3v) is 6.06. The second-order valence-corrected chi connectivity index (χ2v) is 11.7. The Morgan fingerprint density at radius 1 is 0.805 bits per heavy atom. The van der Waals surface area contributed by atoms with Gasteiger partial charge in [-0.2, -0.15) is 0 Å². The van der Waals surface area contributed by atoms with E-state index in [2.05, 4.69) is 5.32 Å². The molecule has 0 spiro atoms. The van der Waals surface area contributed by atoms with Gasteiger partial charge in [0.2, 0.25) is 0 Å². The van der Waals surface area contributed by atoms with E-state index in [0.29, 0.717) is 0 Å². The summed E-state index contributed by atoms with van der Waals surface area (Å²) in [6.45, 7) is 12.0. The highest BCUT2D eigenvalue weighted by Gasteiger charge is 2.52. The minimum atomic E-state index is -1.68. The van der Waals surface area contributed by atoms with Crippen LogP contribution in [0.5, 0.6) is 0 Å². The molecule has 240 valence electrons. The fourth-order valence-electron chi connectivity index (χ4n) is 4.22. The number of carbonyl (C=O) groups is 2. The number of nitrogens with one attached hydrogen (secondary N) is 1. The van der Waals surface area contributed by atoms with Crippen LogP contribution >= 0.6 is 0 Å². The second-order valence-electron chi connectivity index (χ2n) is 11.7. The monoisotopic (exact) mass is 597 g/mol. The number of rotatable bonds is 11. The maximum absolute atomic E-state index is 12.6. The second kappa shape index (κ2) is 15.2. The van der Waals surface area contributed by atoms with Crippen LogP contribution in [0.1, 0.15) is 55.4 Å². The van der Waals surface area contributed by atoms with Crippen molar-refractivity contribution in [3.63, 3.8) is 0 Å². The number of alkyl carbamates (subject to hydrolysis) is 1. The lowest BCUT2D eigenvalue weighted by Gasteiger charge is -2.47. The first-order chi connectivity index (χ1) is 18.9. The number of aliphatic hydroxyl groups excluding tert-OH is 5. The molecule has 0 bridgehead atoms. The van der Waals surface area contributed by atoms with Gasteiger partial charge in [0, 0.05) is 0 Å². The third kappa shape index (κ3) is 10.2. The number of aliphatic hydroxyl groups is 5. The van der Waals surface area contributed by atoms with Gasteiger partial charge in [0.1, 0.15) is 67.1 Å². The fourth-order valence-corrected chi connectivity index (χ4v) is 4.22. The van der Waals surface area contributed by atoms with Crippen molar-refractivity contribution in [3.8, 4) is 0 Å². The first-order valence-electron chi connectivity index (χ1n) is 13.7. The van der Waals surface area contributed by atoms with Crippen molar-refractivity contribution in [2.75, 3.05) is 13.2 Å². The first kappa shape index (κ1) is 35.5. The van der Waals surface area contributed by atoms with E-state index in [1.54, 1.807) is 48.5 Å². The van der Waals surface area contributed by atoms with Gasteiger partial charge < -0.3 is 64.0 Å². The molecule has 2 rings (SSSR count). The predicted octanol–water partition coefficient (Wildman–Crippen LogP) is -1.07. The molecule has 15 nitrogen and oxygen atoms in total. The van der Waals surface area contributed by atoms with E-state index in [-0.39, 0.29) is 6.10 Å². The third-order valence-electron chi connectivity index (χ3n) is 6.06. The summed E-state index contributed by atoms with van der Waals surface area (Å²) in [4.78, 5) is 24.6. The SMILES string of the molecule is CC(C)OC1OC(COC(=O)C(C)NC(=O)OC(C)(C)C)C(OC2OC(CO)C(OC(C)C)C(O)C2O)C(O)C1O. The largest absolute Gasteiger partial charge is 0.461 e. The summed E-state index contributed by atoms with van der Waals surface area (Å²) < 4.78 is 38.8. The number of hydrogen-bond acceptors (Lipinski definition) is 14. The van der Waals surface area contributed by atoms with E-state index in [1.165, 1.54) is 6.92 Å². The quantitative estimate of drug-likeness (QED) is 0.157. The topological polar surface area (TPSA) is 212 Å². The summed E-state index contributed by atoms with van der Waals surface area (Å²) in [7, 11) is 0. The van der Waals surface area contributed by atoms with Crippen molar-refractivity contribution in [3.05, 3.63) is 0 Å². The molecule has 11 unspecified atom stereocenters. The van der Waals surface area contributed by atoms with E-state index in [0.717, 1.165) is 0 Å². The fraction of sp³-hybridized carbons (Fsp3) is 0.923. The lowest BCUT2D eigenvalue weighted by molar-refractivity contribution is -0.364. The molecule has 11 atom stereocenters. The molecule has 0 aromatic heterocycles. The van der Waals surface area contributed by atoms with Gasteiger partial charge in [0.25, 0.3) is 0 Å². The molecular weight excluding hydrogens is 550 g/mol. The molecule has 0 aromatic carbocycles. The number of ether oxygens (including phenoxy) is 7. The van der Waals surface area contributed by atoms with Gasteiger partial charge in [0.15, 0.2) is 12.6 Å². The van der Waals surface area contributed by atoms with Crippen LogP contribution < -0.4 is 5.32 Å². The highest BCUT2D eigenvalue weighted by atomic mass is 16.7. The molecular formula is C26H47NO14. The maximum Gasteiger partial charge on any atom is 0.408 e. The van der Waals surface area contributed by atoms with Crippen molar-refractivity contribution in [2.24, 2.45) is 0 Å². The van der Waals surface area contributed by atoms with Crippen molar-refractivity contribution >= 4 is 12.1 Å². The van der Waals surface area contributed by atoms with Gasteiger partial charge in [-0.15, -0.1) is 0 Å². The highest BCUT2D eigenvalue weighted by Crippen LogP contribution is 2.31. The predicted molar refractivity (Wildman–Crippen MR) is 139 cm³/mol. The zero-order valence-electron chi connectivity index (χ0n) is 24.8. The zero-order valence-corrected chi connectivity index (χ0v) is 24.8. The van der Waals surface area contributed by atoms with Crippen molar-refractivity contribution in [1.82, 2.24) is 5.32 Å². The van der Waals surface area contributed by atoms with Crippen LogP contribution in [-0.4, -0.2) is 136 Å². The number of esters is 1. The molecule has 0 saturated carbocycles. The minimum absolute atomic E-state index is 0.357. The van der Waals surface area contributed by atoms with Gasteiger partial charge in [-0.05, 0) is 55.4 Å². The Balaban J connectivity index is 2.18. The molecule has 0 aliphatic carbocycles. The summed E-state index contributed by atoms with van der Waals surface area (Å²) in [5, 5.41) is 55.2. The Bertz CT molecular complexity index is 833. The summed E-state index contributed by atoms with van der Waals surface area (Å²) in [5.74, 6) is -0.862. The van der Waals surface area contributed by atoms with Crippen LogP contribution in [-0.2, 0) is 38.0 Å². The molecule has 0 aromatic rings. The molecule has 2 heterocycles. The van der Waals surface area contributed by atoms with Crippen molar-refractivity contribution < 1.29 is 68.3 Å². The molecule has 0 radical (unpaired) electrons. The Hall–Kier alpha value is -1.66. The Labute approximate surface area is 239 Å². The summed E-state index contributed by atoms with van der Waals surface area (Å²) >= 11 is 0. The van der Waals surface area contributed by atoms with Crippen molar-refractivity contribution in [2.45, 2.75) is 141 Å². The summed E-state index contributed by atoms with van der Waals surface area (Å²) in [5.41, 5.74) is -0.786. The lowest BCUT2D eigenvalue weighted by Crippen LogP contribution is -2.65. The molecule has 6 N–H and O–H groups in total. The van der Waals surface area contributed by atoms with Gasteiger partial charge in [-0.25, -0.2) is 9.59 Å². The van der Waals surface area contributed by atoms with Crippen LogP contribution in [0, 0.1) is 0 Å². The van der Waals surface area contributed by atoms with Crippen LogP contribution in [0.3, 0.4) is 0 Å². The van der Waals surface area contributed by atoms with E-state index < -0.39 is 104 Å². The van der Waals surface area contributed by atoms with Crippen LogP contribution in [0.25, 0.3) is 0 Å². The van der Waals surface area contributed by atoms with E-state index >= 15 is 0 Å². The Kier molecular flexibility index (Phi) is 13.2. The molecule has 2 aliphatic rings. The molecule has 2 fully saturated rings. The average Bonchev–Trinajstić information content (AvgIpc) is 2.85. The van der Waals surface area contributed by atoms with E-state index in [4.69, 9.17) is 33.2 Å². The average molecular weight is 598 g/mol. The van der Waals surface area contributed by atoms with E-state index in [1.807, 2.05) is 0 Å². The Morgan fingerprint density at radius 3 is 1.88 bits per heavy atom. The maximum atomic E-state index is 12.6. The first-order valence-corrected chi connectivity index (χ1v) is 13.7.